The molecule has 72 valence electrons. The van der Waals surface area contributed by atoms with Crippen LogP contribution >= 0.6 is 11.6 Å². The summed E-state index contributed by atoms with van der Waals surface area (Å²) in [6, 6.07) is 1.73. The van der Waals surface area contributed by atoms with E-state index in [-0.39, 0.29) is 5.56 Å². The largest absolute Gasteiger partial charge is 0.268 e. The molecule has 13 heavy (non-hydrogen) atoms. The summed E-state index contributed by atoms with van der Waals surface area (Å²) in [5.41, 5.74) is -0.0972. The molecule has 0 aliphatic heterocycles. The standard InChI is InChI=1S/C7H7ClN2O.C2H6/c8-5-3-7(11)10(9-4-5)6-1-2-6;1-2/h3-4,6H,1-2H2;1-2H3. The van der Waals surface area contributed by atoms with Crippen LogP contribution in [-0.2, 0) is 0 Å². The Kier molecular flexibility index (Phi) is 3.48. The van der Waals surface area contributed by atoms with Gasteiger partial charge in [0.1, 0.15) is 0 Å². The summed E-state index contributed by atoms with van der Waals surface area (Å²) in [6.45, 7) is 4.00. The van der Waals surface area contributed by atoms with Crippen LogP contribution in [0.5, 0.6) is 0 Å². The smallest absolute Gasteiger partial charge is 0.268 e. The van der Waals surface area contributed by atoms with Gasteiger partial charge in [-0.1, -0.05) is 25.4 Å². The Morgan fingerprint density at radius 3 is 2.62 bits per heavy atom. The zero-order chi connectivity index (χ0) is 9.84. The lowest BCUT2D eigenvalue weighted by Gasteiger charge is -1.98. The SMILES string of the molecule is CC.O=c1cc(Cl)cnn1C1CC1. The molecule has 1 fully saturated rings. The lowest BCUT2D eigenvalue weighted by molar-refractivity contribution is 0.599. The lowest BCUT2D eigenvalue weighted by atomic mass is 10.5. The van der Waals surface area contributed by atoms with Gasteiger partial charge in [-0.3, -0.25) is 4.79 Å². The molecule has 0 spiro atoms. The van der Waals surface area contributed by atoms with E-state index in [4.69, 9.17) is 11.6 Å². The van der Waals surface area contributed by atoms with Crippen molar-refractivity contribution in [3.63, 3.8) is 0 Å². The molecule has 1 heterocycles. The van der Waals surface area contributed by atoms with E-state index >= 15 is 0 Å². The highest BCUT2D eigenvalue weighted by atomic mass is 35.5. The third-order valence-corrected chi connectivity index (χ3v) is 1.89. The third kappa shape index (κ3) is 2.56. The van der Waals surface area contributed by atoms with Crippen molar-refractivity contribution >= 4 is 11.6 Å². The van der Waals surface area contributed by atoms with E-state index in [0.29, 0.717) is 11.1 Å². The quantitative estimate of drug-likeness (QED) is 0.697. The van der Waals surface area contributed by atoms with Gasteiger partial charge in [0.05, 0.1) is 17.3 Å². The van der Waals surface area contributed by atoms with Gasteiger partial charge in [-0.15, -0.1) is 0 Å². The van der Waals surface area contributed by atoms with E-state index < -0.39 is 0 Å². The zero-order valence-corrected chi connectivity index (χ0v) is 8.58. The number of halogens is 1. The van der Waals surface area contributed by atoms with Crippen LogP contribution in [0.2, 0.25) is 5.02 Å². The van der Waals surface area contributed by atoms with Crippen molar-refractivity contribution in [1.82, 2.24) is 9.78 Å². The normalized spacial score (nSPS) is 14.7. The molecule has 0 aromatic carbocycles. The number of aromatic nitrogens is 2. The Morgan fingerprint density at radius 1 is 1.54 bits per heavy atom. The summed E-state index contributed by atoms with van der Waals surface area (Å²) in [5.74, 6) is 0. The Morgan fingerprint density at radius 2 is 2.15 bits per heavy atom. The molecule has 1 aromatic rings. The Bertz CT molecular complexity index is 331. The highest BCUT2D eigenvalue weighted by molar-refractivity contribution is 6.30. The van der Waals surface area contributed by atoms with Gasteiger partial charge in [0.25, 0.3) is 5.56 Å². The fourth-order valence-corrected chi connectivity index (χ4v) is 1.13. The highest BCUT2D eigenvalue weighted by Crippen LogP contribution is 2.32. The number of hydrogen-bond donors (Lipinski definition) is 0. The first kappa shape index (κ1) is 10.3. The van der Waals surface area contributed by atoms with Crippen LogP contribution in [-0.4, -0.2) is 9.78 Å². The molecule has 4 heteroatoms. The molecule has 0 saturated heterocycles. The maximum absolute atomic E-state index is 11.1. The van der Waals surface area contributed by atoms with Gasteiger partial charge in [-0.05, 0) is 12.8 Å². The van der Waals surface area contributed by atoms with Gasteiger partial charge in [0.2, 0.25) is 0 Å². The molecular weight excluding hydrogens is 188 g/mol. The molecule has 1 saturated carbocycles. The van der Waals surface area contributed by atoms with Crippen LogP contribution in [0.4, 0.5) is 0 Å². The molecule has 2 rings (SSSR count). The second-order valence-electron chi connectivity index (χ2n) is 2.69. The van der Waals surface area contributed by atoms with E-state index in [0.717, 1.165) is 12.8 Å². The fourth-order valence-electron chi connectivity index (χ4n) is 0.989. The molecular formula is C9H13ClN2O. The van der Waals surface area contributed by atoms with Crippen molar-refractivity contribution in [1.29, 1.82) is 0 Å². The van der Waals surface area contributed by atoms with E-state index in [1.165, 1.54) is 16.9 Å². The van der Waals surface area contributed by atoms with Gasteiger partial charge in [-0.2, -0.15) is 5.10 Å². The van der Waals surface area contributed by atoms with Crippen LogP contribution in [0.25, 0.3) is 0 Å². The van der Waals surface area contributed by atoms with Crippen LogP contribution in [0.1, 0.15) is 32.7 Å². The van der Waals surface area contributed by atoms with Crippen LogP contribution < -0.4 is 5.56 Å². The molecule has 0 bridgehead atoms. The maximum Gasteiger partial charge on any atom is 0.268 e. The molecule has 1 aliphatic rings. The van der Waals surface area contributed by atoms with Crippen LogP contribution in [0.3, 0.4) is 0 Å². The predicted octanol–water partition coefficient (Wildman–Crippen LogP) is 2.26. The molecule has 3 nitrogen and oxygen atoms in total. The summed E-state index contributed by atoms with van der Waals surface area (Å²) in [5, 5.41) is 4.32. The van der Waals surface area contributed by atoms with E-state index in [1.54, 1.807) is 0 Å². The van der Waals surface area contributed by atoms with Crippen molar-refractivity contribution in [2.75, 3.05) is 0 Å². The molecule has 0 N–H and O–H groups in total. The van der Waals surface area contributed by atoms with Gasteiger partial charge in [0, 0.05) is 6.07 Å². The lowest BCUT2D eigenvalue weighted by Crippen LogP contribution is -2.20. The molecule has 1 aromatic heterocycles. The van der Waals surface area contributed by atoms with E-state index in [1.807, 2.05) is 13.8 Å². The first-order valence-electron chi connectivity index (χ1n) is 4.52. The fraction of sp³-hybridized carbons (Fsp3) is 0.556. The van der Waals surface area contributed by atoms with Gasteiger partial charge >= 0.3 is 0 Å². The van der Waals surface area contributed by atoms with E-state index in [2.05, 4.69) is 5.10 Å². The minimum Gasteiger partial charge on any atom is -0.268 e. The highest BCUT2D eigenvalue weighted by Gasteiger charge is 2.25. The first-order valence-corrected chi connectivity index (χ1v) is 4.89. The van der Waals surface area contributed by atoms with Gasteiger partial charge in [-0.25, -0.2) is 4.68 Å². The summed E-state index contributed by atoms with van der Waals surface area (Å²) in [4.78, 5) is 11.1. The number of nitrogens with zero attached hydrogens (tertiary/aromatic N) is 2. The van der Waals surface area contributed by atoms with Crippen molar-refractivity contribution in [3.05, 3.63) is 27.6 Å². The third-order valence-electron chi connectivity index (χ3n) is 1.69. The van der Waals surface area contributed by atoms with Gasteiger partial charge in [0.15, 0.2) is 0 Å². The van der Waals surface area contributed by atoms with Crippen molar-refractivity contribution in [2.45, 2.75) is 32.7 Å². The van der Waals surface area contributed by atoms with Crippen LogP contribution in [0.15, 0.2) is 17.1 Å². The zero-order valence-electron chi connectivity index (χ0n) is 7.83. The maximum atomic E-state index is 11.1. The Labute approximate surface area is 82.3 Å². The summed E-state index contributed by atoms with van der Waals surface area (Å²) in [7, 11) is 0. The minimum absolute atomic E-state index is 0.0972. The van der Waals surface area contributed by atoms with Crippen molar-refractivity contribution < 1.29 is 0 Å². The summed E-state index contributed by atoms with van der Waals surface area (Å²) in [6.07, 6.45) is 3.63. The second-order valence-corrected chi connectivity index (χ2v) is 3.12. The molecule has 0 radical (unpaired) electrons. The molecule has 0 unspecified atom stereocenters. The number of rotatable bonds is 1. The Hall–Kier alpha value is -0.830. The summed E-state index contributed by atoms with van der Waals surface area (Å²) >= 11 is 5.57. The average Bonchev–Trinajstić information content (AvgIpc) is 2.91. The van der Waals surface area contributed by atoms with Crippen molar-refractivity contribution in [2.24, 2.45) is 0 Å². The molecule has 0 atom stereocenters. The first-order chi connectivity index (χ1) is 6.27. The van der Waals surface area contributed by atoms with Crippen LogP contribution in [0, 0.1) is 0 Å². The van der Waals surface area contributed by atoms with Gasteiger partial charge < -0.3 is 0 Å². The topological polar surface area (TPSA) is 34.9 Å². The number of hydrogen-bond acceptors (Lipinski definition) is 2. The second kappa shape index (κ2) is 4.42. The van der Waals surface area contributed by atoms with E-state index in [9.17, 15) is 4.79 Å². The average molecular weight is 201 g/mol. The monoisotopic (exact) mass is 200 g/mol. The summed E-state index contributed by atoms with van der Waals surface area (Å²) < 4.78 is 1.49. The molecule has 0 amide bonds. The Balaban J connectivity index is 0.000000396. The predicted molar refractivity (Wildman–Crippen MR) is 53.1 cm³/mol. The van der Waals surface area contributed by atoms with Crippen molar-refractivity contribution in [3.8, 4) is 0 Å². The molecule has 1 aliphatic carbocycles. The minimum atomic E-state index is -0.0972.